The fourth-order valence-electron chi connectivity index (χ4n) is 6.24. The first-order valence-electron chi connectivity index (χ1n) is 13.3. The second-order valence-electron chi connectivity index (χ2n) is 10.4. The third kappa shape index (κ3) is 5.11. The number of carbonyl (C=O) groups excluding carboxylic acids is 1. The molecule has 2 aliphatic heterocycles. The molecule has 4 heteroatoms. The standard InChI is InChI=1S/C32H38N2O2/c1-4-24-9-13-27(14-10-24)29-20-34(31-17-18-33(21-30(29)31)32(35)22-36-3)19-25-11-15-26(16-12-25)28-8-6-5-7-23(28)2/h5-16,29-31H,4,17-22H2,1-3H3/t29-,30-,31-/m1/s1. The van der Waals surface area contributed by atoms with Crippen molar-refractivity contribution in [2.24, 2.45) is 5.92 Å². The van der Waals surface area contributed by atoms with Crippen LogP contribution in [0.1, 0.15) is 41.5 Å². The minimum Gasteiger partial charge on any atom is -0.375 e. The first-order valence-corrected chi connectivity index (χ1v) is 13.3. The van der Waals surface area contributed by atoms with Gasteiger partial charge >= 0.3 is 0 Å². The van der Waals surface area contributed by atoms with E-state index in [4.69, 9.17) is 4.74 Å². The molecular formula is C32H38N2O2. The van der Waals surface area contributed by atoms with E-state index < -0.39 is 0 Å². The molecule has 3 atom stereocenters. The van der Waals surface area contributed by atoms with Gasteiger partial charge in [0.15, 0.2) is 0 Å². The number of carbonyl (C=O) groups is 1. The first-order chi connectivity index (χ1) is 17.6. The van der Waals surface area contributed by atoms with Crippen LogP contribution in [0.5, 0.6) is 0 Å². The van der Waals surface area contributed by atoms with Crippen LogP contribution in [0.3, 0.4) is 0 Å². The molecule has 0 bridgehead atoms. The van der Waals surface area contributed by atoms with Crippen LogP contribution < -0.4 is 0 Å². The Hall–Kier alpha value is -2.95. The van der Waals surface area contributed by atoms with Gasteiger partial charge in [-0.1, -0.05) is 79.7 Å². The number of hydrogen-bond acceptors (Lipinski definition) is 3. The molecule has 0 radical (unpaired) electrons. The number of fused-ring (bicyclic) bond motifs is 1. The van der Waals surface area contributed by atoms with E-state index in [2.05, 4.69) is 91.5 Å². The maximum atomic E-state index is 12.6. The van der Waals surface area contributed by atoms with E-state index in [9.17, 15) is 4.79 Å². The van der Waals surface area contributed by atoms with Crippen molar-refractivity contribution in [2.75, 3.05) is 33.4 Å². The van der Waals surface area contributed by atoms with Gasteiger partial charge in [-0.3, -0.25) is 9.69 Å². The van der Waals surface area contributed by atoms with E-state index in [1.54, 1.807) is 7.11 Å². The molecule has 4 nitrogen and oxygen atoms in total. The van der Waals surface area contributed by atoms with Crippen LogP contribution in [0, 0.1) is 12.8 Å². The van der Waals surface area contributed by atoms with Gasteiger partial charge in [-0.2, -0.15) is 0 Å². The molecule has 0 aromatic heterocycles. The van der Waals surface area contributed by atoms with Crippen LogP contribution in [0.2, 0.25) is 0 Å². The van der Waals surface area contributed by atoms with Gasteiger partial charge in [0.25, 0.3) is 0 Å². The average Bonchev–Trinajstić information content (AvgIpc) is 3.27. The summed E-state index contributed by atoms with van der Waals surface area (Å²) in [4.78, 5) is 17.3. The molecule has 0 N–H and O–H groups in total. The Labute approximate surface area is 215 Å². The Balaban J connectivity index is 1.36. The van der Waals surface area contributed by atoms with Gasteiger partial charge in [-0.25, -0.2) is 0 Å². The van der Waals surface area contributed by atoms with E-state index in [0.29, 0.717) is 17.9 Å². The molecular weight excluding hydrogens is 444 g/mol. The molecule has 188 valence electrons. The smallest absolute Gasteiger partial charge is 0.248 e. The third-order valence-electron chi connectivity index (χ3n) is 8.27. The highest BCUT2D eigenvalue weighted by Gasteiger charge is 2.45. The van der Waals surface area contributed by atoms with Crippen LogP contribution in [0.15, 0.2) is 72.8 Å². The summed E-state index contributed by atoms with van der Waals surface area (Å²) >= 11 is 0. The zero-order chi connectivity index (χ0) is 25.1. The molecule has 0 saturated carbocycles. The second-order valence-corrected chi connectivity index (χ2v) is 10.4. The van der Waals surface area contributed by atoms with Crippen molar-refractivity contribution in [1.29, 1.82) is 0 Å². The summed E-state index contributed by atoms with van der Waals surface area (Å²) in [5.41, 5.74) is 8.01. The predicted octanol–water partition coefficient (Wildman–Crippen LogP) is 5.69. The Morgan fingerprint density at radius 2 is 1.67 bits per heavy atom. The number of likely N-dealkylation sites (tertiary alicyclic amines) is 2. The molecule has 2 heterocycles. The highest BCUT2D eigenvalue weighted by molar-refractivity contribution is 5.77. The number of hydrogen-bond donors (Lipinski definition) is 0. The van der Waals surface area contributed by atoms with Gasteiger partial charge in [0.2, 0.25) is 5.91 Å². The molecule has 5 rings (SSSR count). The van der Waals surface area contributed by atoms with Crippen molar-refractivity contribution in [3.8, 4) is 11.1 Å². The quantitative estimate of drug-likeness (QED) is 0.434. The fraction of sp³-hybridized carbons (Fsp3) is 0.406. The zero-order valence-electron chi connectivity index (χ0n) is 21.8. The van der Waals surface area contributed by atoms with Gasteiger partial charge in [-0.05, 0) is 53.1 Å². The van der Waals surface area contributed by atoms with Gasteiger partial charge in [0.1, 0.15) is 6.61 Å². The molecule has 1 amide bonds. The van der Waals surface area contributed by atoms with Crippen LogP contribution in [-0.2, 0) is 22.5 Å². The Bertz CT molecular complexity index is 1170. The molecule has 2 saturated heterocycles. The van der Waals surface area contributed by atoms with Gasteiger partial charge < -0.3 is 9.64 Å². The molecule has 2 aliphatic rings. The van der Waals surface area contributed by atoms with Crippen LogP contribution >= 0.6 is 0 Å². The van der Waals surface area contributed by atoms with E-state index in [1.165, 1.54) is 33.4 Å². The average molecular weight is 483 g/mol. The summed E-state index contributed by atoms with van der Waals surface area (Å²) in [7, 11) is 1.60. The van der Waals surface area contributed by atoms with Crippen LogP contribution in [-0.4, -0.2) is 55.1 Å². The highest BCUT2D eigenvalue weighted by Crippen LogP contribution is 2.42. The molecule has 0 unspecified atom stereocenters. The molecule has 0 aliphatic carbocycles. The predicted molar refractivity (Wildman–Crippen MR) is 146 cm³/mol. The number of benzene rings is 3. The van der Waals surface area contributed by atoms with Crippen LogP contribution in [0.25, 0.3) is 11.1 Å². The summed E-state index contributed by atoms with van der Waals surface area (Å²) in [5, 5.41) is 0. The Kier molecular flexibility index (Phi) is 7.54. The fourth-order valence-corrected chi connectivity index (χ4v) is 6.24. The number of aryl methyl sites for hydroxylation is 2. The summed E-state index contributed by atoms with van der Waals surface area (Å²) in [6.45, 7) is 8.16. The highest BCUT2D eigenvalue weighted by atomic mass is 16.5. The minimum atomic E-state index is 0.112. The van der Waals surface area contributed by atoms with E-state index in [1.807, 2.05) is 4.90 Å². The summed E-state index contributed by atoms with van der Waals surface area (Å²) in [6, 6.07) is 27.3. The molecule has 3 aromatic rings. The second kappa shape index (κ2) is 11.0. The molecule has 0 spiro atoms. The van der Waals surface area contributed by atoms with Crippen molar-refractivity contribution in [2.45, 2.75) is 45.2 Å². The monoisotopic (exact) mass is 482 g/mol. The van der Waals surface area contributed by atoms with Crippen molar-refractivity contribution in [1.82, 2.24) is 9.80 Å². The number of methoxy groups -OCH3 is 1. The number of ether oxygens (including phenoxy) is 1. The minimum absolute atomic E-state index is 0.112. The largest absolute Gasteiger partial charge is 0.375 e. The molecule has 3 aromatic carbocycles. The third-order valence-corrected chi connectivity index (χ3v) is 8.27. The van der Waals surface area contributed by atoms with E-state index >= 15 is 0 Å². The summed E-state index contributed by atoms with van der Waals surface area (Å²) < 4.78 is 5.15. The van der Waals surface area contributed by atoms with Gasteiger partial charge in [-0.15, -0.1) is 0 Å². The lowest BCUT2D eigenvalue weighted by atomic mass is 9.81. The van der Waals surface area contributed by atoms with Crippen molar-refractivity contribution in [3.05, 3.63) is 95.1 Å². The van der Waals surface area contributed by atoms with E-state index in [0.717, 1.165) is 39.0 Å². The molecule has 36 heavy (non-hydrogen) atoms. The number of nitrogens with zero attached hydrogens (tertiary/aromatic N) is 2. The van der Waals surface area contributed by atoms with Gasteiger partial charge in [0.05, 0.1) is 0 Å². The maximum absolute atomic E-state index is 12.6. The SMILES string of the molecule is CCc1ccc([C@H]2CN(Cc3ccc(-c4ccccc4C)cc3)[C@@H]3CCN(C(=O)COC)C[C@H]23)cc1. The zero-order valence-corrected chi connectivity index (χ0v) is 21.8. The summed E-state index contributed by atoms with van der Waals surface area (Å²) in [6.07, 6.45) is 2.08. The van der Waals surface area contributed by atoms with Gasteiger partial charge in [0, 0.05) is 51.2 Å². The van der Waals surface area contributed by atoms with Crippen LogP contribution in [0.4, 0.5) is 0 Å². The lowest BCUT2D eigenvalue weighted by Crippen LogP contribution is -2.49. The molecule has 2 fully saturated rings. The number of rotatable bonds is 7. The Morgan fingerprint density at radius 3 is 2.36 bits per heavy atom. The Morgan fingerprint density at radius 1 is 0.944 bits per heavy atom. The summed E-state index contributed by atoms with van der Waals surface area (Å²) in [5.74, 6) is 0.991. The lowest BCUT2D eigenvalue weighted by Gasteiger charge is -2.39. The van der Waals surface area contributed by atoms with Crippen molar-refractivity contribution < 1.29 is 9.53 Å². The maximum Gasteiger partial charge on any atom is 0.248 e. The topological polar surface area (TPSA) is 32.8 Å². The number of piperidine rings is 1. The van der Waals surface area contributed by atoms with E-state index in [-0.39, 0.29) is 12.5 Å². The van der Waals surface area contributed by atoms with Crippen molar-refractivity contribution in [3.63, 3.8) is 0 Å². The first kappa shape index (κ1) is 24.7. The number of amides is 1. The normalized spacial score (nSPS) is 22.0. The lowest BCUT2D eigenvalue weighted by molar-refractivity contribution is -0.137. The van der Waals surface area contributed by atoms with Crippen molar-refractivity contribution >= 4 is 5.91 Å².